The molecule has 1 rings (SSSR count). The van der Waals surface area contributed by atoms with E-state index in [-0.39, 0.29) is 6.67 Å². The van der Waals surface area contributed by atoms with Crippen molar-refractivity contribution in [3.8, 4) is 0 Å². The van der Waals surface area contributed by atoms with Gasteiger partial charge in [0.15, 0.2) is 0 Å². The smallest absolute Gasteiger partial charge is 0.102 e. The zero-order valence-electron chi connectivity index (χ0n) is 9.03. The second-order valence-corrected chi connectivity index (χ2v) is 3.59. The van der Waals surface area contributed by atoms with Gasteiger partial charge in [0, 0.05) is 13.1 Å². The number of nitrogens with zero attached hydrogens (tertiary/aromatic N) is 1. The summed E-state index contributed by atoms with van der Waals surface area (Å²) in [4.78, 5) is 2.10. The Morgan fingerprint density at radius 3 is 2.47 bits per heavy atom. The molecule has 1 aromatic rings. The van der Waals surface area contributed by atoms with Crippen molar-refractivity contribution in [1.29, 1.82) is 0 Å². The van der Waals surface area contributed by atoms with Crippen LogP contribution in [0.1, 0.15) is 12.0 Å². The van der Waals surface area contributed by atoms with Gasteiger partial charge in [-0.05, 0) is 25.1 Å². The Kier molecular flexibility index (Phi) is 5.97. The lowest BCUT2D eigenvalue weighted by atomic mass is 10.2. The Bertz CT molecular complexity index is 251. The summed E-state index contributed by atoms with van der Waals surface area (Å²) >= 11 is 0. The number of nitrogens with two attached hydrogens (primary N) is 1. The Hall–Kier alpha value is -0.930. The lowest BCUT2D eigenvalue weighted by Crippen LogP contribution is -2.28. The molecule has 2 N–H and O–H groups in total. The number of hydrogen-bond donors (Lipinski definition) is 1. The van der Waals surface area contributed by atoms with Crippen LogP contribution in [0.2, 0.25) is 0 Å². The Labute approximate surface area is 90.9 Å². The molecule has 0 heterocycles. The van der Waals surface area contributed by atoms with Crippen LogP contribution in [0.5, 0.6) is 0 Å². The minimum atomic E-state index is -0.294. The van der Waals surface area contributed by atoms with Gasteiger partial charge in [-0.2, -0.15) is 0 Å². The Morgan fingerprint density at radius 1 is 1.13 bits per heavy atom. The van der Waals surface area contributed by atoms with Crippen molar-refractivity contribution in [1.82, 2.24) is 4.90 Å². The maximum absolute atomic E-state index is 12.3. The van der Waals surface area contributed by atoms with Crippen LogP contribution in [-0.2, 0) is 6.54 Å². The third kappa shape index (κ3) is 4.91. The largest absolute Gasteiger partial charge is 0.330 e. The first-order valence-electron chi connectivity index (χ1n) is 5.39. The minimum absolute atomic E-state index is 0.294. The predicted octanol–water partition coefficient (Wildman–Crippen LogP) is 1.81. The van der Waals surface area contributed by atoms with E-state index in [0.717, 1.165) is 19.5 Å². The number of hydrogen-bond acceptors (Lipinski definition) is 2. The number of rotatable bonds is 7. The topological polar surface area (TPSA) is 29.3 Å². The molecule has 0 saturated carbocycles. The molecule has 84 valence electrons. The molecule has 0 saturated heterocycles. The summed E-state index contributed by atoms with van der Waals surface area (Å²) < 4.78 is 12.3. The van der Waals surface area contributed by atoms with Gasteiger partial charge in [0.25, 0.3) is 0 Å². The van der Waals surface area contributed by atoms with Crippen molar-refractivity contribution in [2.75, 3.05) is 26.3 Å². The van der Waals surface area contributed by atoms with E-state index in [9.17, 15) is 4.39 Å². The van der Waals surface area contributed by atoms with E-state index >= 15 is 0 Å². The first kappa shape index (κ1) is 12.1. The van der Waals surface area contributed by atoms with Gasteiger partial charge in [0.1, 0.15) is 6.67 Å². The molecular formula is C12H19FN2. The highest BCUT2D eigenvalue weighted by molar-refractivity contribution is 5.14. The second kappa shape index (κ2) is 7.37. The van der Waals surface area contributed by atoms with Crippen LogP contribution >= 0.6 is 0 Å². The fraction of sp³-hybridized carbons (Fsp3) is 0.500. The van der Waals surface area contributed by atoms with Crippen LogP contribution in [0.4, 0.5) is 4.39 Å². The van der Waals surface area contributed by atoms with Gasteiger partial charge in [-0.15, -0.1) is 0 Å². The molecule has 15 heavy (non-hydrogen) atoms. The van der Waals surface area contributed by atoms with E-state index < -0.39 is 0 Å². The fourth-order valence-corrected chi connectivity index (χ4v) is 1.55. The van der Waals surface area contributed by atoms with E-state index in [1.807, 2.05) is 18.2 Å². The first-order valence-corrected chi connectivity index (χ1v) is 5.39. The van der Waals surface area contributed by atoms with Gasteiger partial charge < -0.3 is 5.73 Å². The minimum Gasteiger partial charge on any atom is -0.330 e. The molecular weight excluding hydrogens is 191 g/mol. The van der Waals surface area contributed by atoms with Crippen molar-refractivity contribution in [3.63, 3.8) is 0 Å². The van der Waals surface area contributed by atoms with Crippen molar-refractivity contribution in [3.05, 3.63) is 35.9 Å². The highest BCUT2D eigenvalue weighted by atomic mass is 19.1. The SMILES string of the molecule is NCCCN(CCF)Cc1ccccc1. The van der Waals surface area contributed by atoms with Gasteiger partial charge in [0.05, 0.1) is 0 Å². The fourth-order valence-electron chi connectivity index (χ4n) is 1.55. The monoisotopic (exact) mass is 210 g/mol. The molecule has 3 heteroatoms. The maximum Gasteiger partial charge on any atom is 0.102 e. The van der Waals surface area contributed by atoms with Gasteiger partial charge in [-0.25, -0.2) is 4.39 Å². The quantitative estimate of drug-likeness (QED) is 0.743. The molecule has 0 bridgehead atoms. The molecule has 0 spiro atoms. The van der Waals surface area contributed by atoms with E-state index in [1.54, 1.807) is 0 Å². The van der Waals surface area contributed by atoms with Crippen molar-refractivity contribution >= 4 is 0 Å². The molecule has 1 aromatic carbocycles. The van der Waals surface area contributed by atoms with Crippen molar-refractivity contribution in [2.24, 2.45) is 5.73 Å². The van der Waals surface area contributed by atoms with Crippen LogP contribution in [0.15, 0.2) is 30.3 Å². The standard InChI is InChI=1S/C12H19FN2/c13-7-10-15(9-4-8-14)11-12-5-2-1-3-6-12/h1-3,5-6H,4,7-11,14H2. The lowest BCUT2D eigenvalue weighted by molar-refractivity contribution is 0.239. The maximum atomic E-state index is 12.3. The van der Waals surface area contributed by atoms with Crippen LogP contribution in [0.3, 0.4) is 0 Å². The van der Waals surface area contributed by atoms with Crippen LogP contribution in [-0.4, -0.2) is 31.2 Å². The summed E-state index contributed by atoms with van der Waals surface area (Å²) in [5.74, 6) is 0. The number of halogens is 1. The van der Waals surface area contributed by atoms with E-state index in [0.29, 0.717) is 13.1 Å². The molecule has 2 nitrogen and oxygen atoms in total. The summed E-state index contributed by atoms with van der Waals surface area (Å²) in [6.45, 7) is 2.55. The zero-order chi connectivity index (χ0) is 10.9. The molecule has 0 aromatic heterocycles. The highest BCUT2D eigenvalue weighted by Crippen LogP contribution is 2.04. The molecule has 0 aliphatic carbocycles. The Balaban J connectivity index is 2.43. The molecule has 0 fully saturated rings. The summed E-state index contributed by atoms with van der Waals surface area (Å²) in [5, 5.41) is 0. The summed E-state index contributed by atoms with van der Waals surface area (Å²) in [7, 11) is 0. The molecule has 0 aliphatic rings. The molecule has 0 radical (unpaired) electrons. The summed E-state index contributed by atoms with van der Waals surface area (Å²) in [6.07, 6.45) is 0.923. The zero-order valence-corrected chi connectivity index (χ0v) is 9.03. The number of alkyl halides is 1. The number of benzene rings is 1. The van der Waals surface area contributed by atoms with Crippen LogP contribution in [0, 0.1) is 0 Å². The third-order valence-corrected chi connectivity index (χ3v) is 2.33. The summed E-state index contributed by atoms with van der Waals surface area (Å²) in [6, 6.07) is 10.1. The van der Waals surface area contributed by atoms with E-state index in [4.69, 9.17) is 5.73 Å². The lowest BCUT2D eigenvalue weighted by Gasteiger charge is -2.20. The van der Waals surface area contributed by atoms with E-state index in [2.05, 4.69) is 17.0 Å². The van der Waals surface area contributed by atoms with Crippen LogP contribution in [0.25, 0.3) is 0 Å². The molecule has 0 amide bonds. The molecule has 0 atom stereocenters. The van der Waals surface area contributed by atoms with Gasteiger partial charge in [-0.1, -0.05) is 30.3 Å². The normalized spacial score (nSPS) is 10.9. The predicted molar refractivity (Wildman–Crippen MR) is 61.4 cm³/mol. The van der Waals surface area contributed by atoms with Crippen molar-refractivity contribution < 1.29 is 4.39 Å². The van der Waals surface area contributed by atoms with Gasteiger partial charge >= 0.3 is 0 Å². The second-order valence-electron chi connectivity index (χ2n) is 3.59. The van der Waals surface area contributed by atoms with Gasteiger partial charge in [-0.3, -0.25) is 4.90 Å². The first-order chi connectivity index (χ1) is 7.36. The molecule has 0 unspecified atom stereocenters. The van der Waals surface area contributed by atoms with Gasteiger partial charge in [0.2, 0.25) is 0 Å². The third-order valence-electron chi connectivity index (χ3n) is 2.33. The highest BCUT2D eigenvalue weighted by Gasteiger charge is 2.04. The Morgan fingerprint density at radius 2 is 1.87 bits per heavy atom. The summed E-state index contributed by atoms with van der Waals surface area (Å²) in [5.41, 5.74) is 6.67. The molecule has 0 aliphatic heterocycles. The van der Waals surface area contributed by atoms with E-state index in [1.165, 1.54) is 5.56 Å². The average molecular weight is 210 g/mol. The average Bonchev–Trinajstić information content (AvgIpc) is 2.28. The van der Waals surface area contributed by atoms with Crippen molar-refractivity contribution in [2.45, 2.75) is 13.0 Å². The van der Waals surface area contributed by atoms with Crippen LogP contribution < -0.4 is 5.73 Å².